The Bertz CT molecular complexity index is 63.2. The van der Waals surface area contributed by atoms with Gasteiger partial charge in [-0.1, -0.05) is 0 Å². The zero-order valence-corrected chi connectivity index (χ0v) is 5.91. The van der Waals surface area contributed by atoms with Crippen LogP contribution in [0.2, 0.25) is 0 Å². The molecule has 0 atom stereocenters. The van der Waals surface area contributed by atoms with E-state index in [-0.39, 0.29) is 0 Å². The second-order valence-electron chi connectivity index (χ2n) is 1.00. The minimum absolute atomic E-state index is 0.780. The molecule has 0 aliphatic rings. The van der Waals surface area contributed by atoms with Crippen molar-refractivity contribution in [2.45, 2.75) is 6.92 Å². The Morgan fingerprint density at radius 2 is 2.43 bits per heavy atom. The van der Waals surface area contributed by atoms with Crippen molar-refractivity contribution in [2.75, 3.05) is 6.54 Å². The molecule has 0 amide bonds. The maximum absolute atomic E-state index is 4.98. The van der Waals surface area contributed by atoms with Gasteiger partial charge in [0.05, 0.1) is 0 Å². The Kier molecular flexibility index (Phi) is 4.09. The van der Waals surface area contributed by atoms with E-state index in [0.29, 0.717) is 0 Å². The minimum atomic E-state index is 0.780. The van der Waals surface area contributed by atoms with Gasteiger partial charge in [-0.3, -0.25) is 0 Å². The van der Waals surface area contributed by atoms with Crippen LogP contribution in [0.5, 0.6) is 0 Å². The molecular formula is C3H9N3Se. The first kappa shape index (κ1) is 6.95. The standard InChI is InChI=1S/C3H9N3Se/c1-2-5-3(7)6-4/h2,4H2,1H3,(H2,5,6,7). The quantitative estimate of drug-likeness (QED) is 0.266. The van der Waals surface area contributed by atoms with E-state index in [2.05, 4.69) is 26.3 Å². The predicted molar refractivity (Wildman–Crippen MR) is 31.8 cm³/mol. The molecule has 3 nitrogen and oxygen atoms in total. The molecule has 0 radical (unpaired) electrons. The van der Waals surface area contributed by atoms with Crippen LogP contribution in [0, 0.1) is 0 Å². The second-order valence-corrected chi connectivity index (χ2v) is 1.86. The van der Waals surface area contributed by atoms with Crippen LogP contribution >= 0.6 is 0 Å². The normalized spacial score (nSPS) is 7.71. The molecule has 4 N–H and O–H groups in total. The van der Waals surface area contributed by atoms with E-state index >= 15 is 0 Å². The summed E-state index contributed by atoms with van der Waals surface area (Å²) in [5, 5.41) is 2.92. The molecule has 42 valence electrons. The SMILES string of the molecule is CCNC(=[Se])NN. The van der Waals surface area contributed by atoms with Crippen molar-refractivity contribution in [3.63, 3.8) is 0 Å². The van der Waals surface area contributed by atoms with Crippen LogP contribution in [0.3, 0.4) is 0 Å². The first-order valence-corrected chi connectivity index (χ1v) is 2.91. The average molecular weight is 166 g/mol. The van der Waals surface area contributed by atoms with E-state index in [9.17, 15) is 0 Å². The van der Waals surface area contributed by atoms with Crippen LogP contribution in [0.25, 0.3) is 0 Å². The van der Waals surface area contributed by atoms with E-state index < -0.39 is 0 Å². The fraction of sp³-hybridized carbons (Fsp3) is 0.667. The molecule has 0 unspecified atom stereocenters. The van der Waals surface area contributed by atoms with Gasteiger partial charge in [-0.05, 0) is 0 Å². The van der Waals surface area contributed by atoms with Crippen molar-refractivity contribution in [1.82, 2.24) is 10.7 Å². The van der Waals surface area contributed by atoms with Gasteiger partial charge in [-0.15, -0.1) is 0 Å². The van der Waals surface area contributed by atoms with Crippen molar-refractivity contribution in [3.05, 3.63) is 0 Å². The van der Waals surface area contributed by atoms with Gasteiger partial charge < -0.3 is 0 Å². The van der Waals surface area contributed by atoms with Gasteiger partial charge in [0, 0.05) is 0 Å². The zero-order valence-electron chi connectivity index (χ0n) is 4.19. The molecule has 0 aromatic carbocycles. The molecule has 0 aliphatic carbocycles. The molecule has 0 aromatic rings. The Morgan fingerprint density at radius 1 is 1.86 bits per heavy atom. The van der Waals surface area contributed by atoms with Gasteiger partial charge in [0.2, 0.25) is 0 Å². The van der Waals surface area contributed by atoms with E-state index in [1.54, 1.807) is 0 Å². The third-order valence-electron chi connectivity index (χ3n) is 0.468. The van der Waals surface area contributed by atoms with Gasteiger partial charge >= 0.3 is 50.3 Å². The number of hydrazine groups is 1. The zero-order chi connectivity index (χ0) is 5.70. The summed E-state index contributed by atoms with van der Waals surface area (Å²) in [6, 6.07) is 0. The van der Waals surface area contributed by atoms with Crippen LogP contribution < -0.4 is 16.6 Å². The molecule has 0 aliphatic heterocycles. The molecule has 0 fully saturated rings. The van der Waals surface area contributed by atoms with Crippen LogP contribution in [0.1, 0.15) is 6.92 Å². The van der Waals surface area contributed by atoms with Crippen LogP contribution in [-0.4, -0.2) is 26.8 Å². The summed E-state index contributed by atoms with van der Waals surface area (Å²) in [5.74, 6) is 4.98. The second kappa shape index (κ2) is 4.12. The Hall–Kier alpha value is -0.0505. The monoisotopic (exact) mass is 167 g/mol. The fourth-order valence-corrected chi connectivity index (χ4v) is 0.514. The average Bonchev–Trinajstić information content (AvgIpc) is 1.68. The third kappa shape index (κ3) is 3.79. The van der Waals surface area contributed by atoms with Gasteiger partial charge in [0.25, 0.3) is 0 Å². The summed E-state index contributed by atoms with van der Waals surface area (Å²) in [7, 11) is 0. The molecule has 0 bridgehead atoms. The molecule has 0 heterocycles. The fourth-order valence-electron chi connectivity index (χ4n) is 0.212. The van der Waals surface area contributed by atoms with Gasteiger partial charge in [0.1, 0.15) is 0 Å². The number of nitrogens with one attached hydrogen (secondary N) is 2. The Morgan fingerprint density at radius 3 is 2.57 bits per heavy atom. The molecular weight excluding hydrogens is 157 g/mol. The first-order chi connectivity index (χ1) is 3.31. The summed E-state index contributed by atoms with van der Waals surface area (Å²) >= 11 is 2.70. The number of rotatable bonds is 3. The van der Waals surface area contributed by atoms with Gasteiger partial charge in [0.15, 0.2) is 0 Å². The summed E-state index contributed by atoms with van der Waals surface area (Å²) < 4.78 is 0.780. The summed E-state index contributed by atoms with van der Waals surface area (Å²) in [6.07, 6.45) is 0. The van der Waals surface area contributed by atoms with Crippen LogP contribution in [0.4, 0.5) is 0 Å². The molecule has 0 rings (SSSR count). The van der Waals surface area contributed by atoms with Gasteiger partial charge in [-0.2, -0.15) is 0 Å². The summed E-state index contributed by atoms with van der Waals surface area (Å²) in [4.78, 5) is 0. The summed E-state index contributed by atoms with van der Waals surface area (Å²) in [5.41, 5.74) is 2.42. The molecule has 4 heteroatoms. The number of nitrogens with two attached hydrogens (primary N) is 1. The molecule has 0 saturated heterocycles. The number of hydrogen-bond acceptors (Lipinski definition) is 3. The van der Waals surface area contributed by atoms with Crippen molar-refractivity contribution in [2.24, 2.45) is 5.84 Å². The number of hydrogen-bond donors (Lipinski definition) is 3. The van der Waals surface area contributed by atoms with E-state index in [4.69, 9.17) is 5.84 Å². The van der Waals surface area contributed by atoms with Crippen molar-refractivity contribution < 1.29 is 0 Å². The van der Waals surface area contributed by atoms with E-state index in [0.717, 1.165) is 11.2 Å². The first-order valence-electron chi connectivity index (χ1n) is 2.05. The maximum atomic E-state index is 4.98. The topological polar surface area (TPSA) is 50.1 Å². The third-order valence-corrected chi connectivity index (χ3v) is 1.02. The Balaban J connectivity index is 3.00. The van der Waals surface area contributed by atoms with E-state index in [1.807, 2.05) is 6.92 Å². The Labute approximate surface area is 51.0 Å². The predicted octanol–water partition coefficient (Wildman–Crippen LogP) is -1.68. The molecule has 0 aromatic heterocycles. The molecule has 0 saturated carbocycles. The summed E-state index contributed by atoms with van der Waals surface area (Å²) in [6.45, 7) is 2.88. The molecule has 0 spiro atoms. The van der Waals surface area contributed by atoms with Crippen LogP contribution in [0.15, 0.2) is 0 Å². The van der Waals surface area contributed by atoms with Crippen molar-refractivity contribution in [3.8, 4) is 0 Å². The van der Waals surface area contributed by atoms with Crippen molar-refractivity contribution in [1.29, 1.82) is 0 Å². The van der Waals surface area contributed by atoms with Crippen molar-refractivity contribution >= 4 is 20.2 Å². The van der Waals surface area contributed by atoms with Gasteiger partial charge in [-0.25, -0.2) is 0 Å². The van der Waals surface area contributed by atoms with Crippen LogP contribution in [-0.2, 0) is 0 Å². The molecule has 7 heavy (non-hydrogen) atoms. The van der Waals surface area contributed by atoms with E-state index in [1.165, 1.54) is 0 Å².